The predicted octanol–water partition coefficient (Wildman–Crippen LogP) is 1.15. The number of Topliss-reactive ketones (excluding diaryl/α,β-unsaturated/α-hetero) is 1. The van der Waals surface area contributed by atoms with E-state index >= 15 is 0 Å². The van der Waals surface area contributed by atoms with Crippen LogP contribution >= 0.6 is 22.6 Å². The highest BCUT2D eigenvalue weighted by Gasteiger charge is 2.05. The van der Waals surface area contributed by atoms with E-state index in [1.54, 1.807) is 0 Å². The number of carbonyl (C=O) groups excluding carboxylic acids is 1. The van der Waals surface area contributed by atoms with Gasteiger partial charge < -0.3 is 5.11 Å². The summed E-state index contributed by atoms with van der Waals surface area (Å²) in [4.78, 5) is 10.6. The maximum Gasteiger partial charge on any atom is 0.135 e. The van der Waals surface area contributed by atoms with Gasteiger partial charge in [-0.3, -0.25) is 4.79 Å². The molecule has 0 aliphatic carbocycles. The van der Waals surface area contributed by atoms with Crippen molar-refractivity contribution >= 4 is 28.4 Å². The van der Waals surface area contributed by atoms with Crippen LogP contribution < -0.4 is 0 Å². The lowest BCUT2D eigenvalue weighted by molar-refractivity contribution is -0.120. The number of hydrogen-bond donors (Lipinski definition) is 1. The fourth-order valence-corrected chi connectivity index (χ4v) is 0.773. The average Bonchev–Trinajstić information content (AvgIpc) is 1.87. The summed E-state index contributed by atoms with van der Waals surface area (Å²) in [6, 6.07) is 0. The van der Waals surface area contributed by atoms with Crippen LogP contribution in [0, 0.1) is 0 Å². The Kier molecular flexibility index (Phi) is 5.38. The van der Waals surface area contributed by atoms with Crippen molar-refractivity contribution in [2.75, 3.05) is 4.43 Å². The molecule has 0 saturated heterocycles. The Balaban J connectivity index is 3.34. The van der Waals surface area contributed by atoms with Crippen LogP contribution in [0.2, 0.25) is 0 Å². The monoisotopic (exact) mass is 242 g/mol. The number of halogens is 1. The topological polar surface area (TPSA) is 37.3 Å². The van der Waals surface area contributed by atoms with Gasteiger partial charge in [-0.15, -0.1) is 0 Å². The number of ketones is 1. The molecule has 0 amide bonds. The van der Waals surface area contributed by atoms with Crippen LogP contribution in [-0.2, 0) is 4.79 Å². The second kappa shape index (κ2) is 5.17. The zero-order valence-corrected chi connectivity index (χ0v) is 7.59. The standard InChI is InChI=1S/C6H11IO2/c1-2-5(8)3-6(9)4-7/h6,9H,2-4H2,1H3/t6-/m0/s1. The molecule has 0 heterocycles. The highest BCUT2D eigenvalue weighted by Crippen LogP contribution is 1.99. The molecule has 1 N–H and O–H groups in total. The van der Waals surface area contributed by atoms with E-state index < -0.39 is 6.10 Å². The van der Waals surface area contributed by atoms with E-state index in [2.05, 4.69) is 22.6 Å². The first kappa shape index (κ1) is 9.36. The van der Waals surface area contributed by atoms with E-state index in [-0.39, 0.29) is 5.78 Å². The maximum absolute atomic E-state index is 10.6. The van der Waals surface area contributed by atoms with E-state index in [1.807, 2.05) is 6.92 Å². The predicted molar refractivity (Wildman–Crippen MR) is 44.8 cm³/mol. The van der Waals surface area contributed by atoms with Crippen LogP contribution in [0.3, 0.4) is 0 Å². The van der Waals surface area contributed by atoms with Gasteiger partial charge in [-0.05, 0) is 0 Å². The minimum Gasteiger partial charge on any atom is -0.392 e. The van der Waals surface area contributed by atoms with Crippen molar-refractivity contribution in [3.63, 3.8) is 0 Å². The molecule has 0 aromatic heterocycles. The molecule has 0 rings (SSSR count). The van der Waals surface area contributed by atoms with Crippen molar-refractivity contribution < 1.29 is 9.90 Å². The van der Waals surface area contributed by atoms with Gasteiger partial charge in [-0.1, -0.05) is 29.5 Å². The molecule has 0 unspecified atom stereocenters. The maximum atomic E-state index is 10.6. The van der Waals surface area contributed by atoms with E-state index in [9.17, 15) is 4.79 Å². The molecular formula is C6H11IO2. The molecule has 0 bridgehead atoms. The summed E-state index contributed by atoms with van der Waals surface area (Å²) in [7, 11) is 0. The van der Waals surface area contributed by atoms with E-state index in [1.165, 1.54) is 0 Å². The number of carbonyl (C=O) groups is 1. The van der Waals surface area contributed by atoms with Crippen molar-refractivity contribution in [1.82, 2.24) is 0 Å². The Morgan fingerprint density at radius 2 is 2.33 bits per heavy atom. The van der Waals surface area contributed by atoms with Gasteiger partial charge in [0.2, 0.25) is 0 Å². The van der Waals surface area contributed by atoms with Crippen LogP contribution in [0.15, 0.2) is 0 Å². The fourth-order valence-electron chi connectivity index (χ4n) is 0.462. The Labute approximate surface area is 68.8 Å². The zero-order chi connectivity index (χ0) is 7.28. The largest absolute Gasteiger partial charge is 0.392 e. The average molecular weight is 242 g/mol. The van der Waals surface area contributed by atoms with E-state index in [0.29, 0.717) is 17.3 Å². The molecular weight excluding hydrogens is 231 g/mol. The molecule has 0 aliphatic rings. The lowest BCUT2D eigenvalue weighted by Crippen LogP contribution is -2.13. The van der Waals surface area contributed by atoms with Crippen LogP contribution in [-0.4, -0.2) is 21.4 Å². The summed E-state index contributed by atoms with van der Waals surface area (Å²) in [5.74, 6) is 0.138. The molecule has 0 radical (unpaired) electrons. The number of aliphatic hydroxyl groups excluding tert-OH is 1. The van der Waals surface area contributed by atoms with Crippen molar-refractivity contribution in [2.45, 2.75) is 25.9 Å². The molecule has 0 aromatic rings. The summed E-state index contributed by atoms with van der Waals surface area (Å²) in [5, 5.41) is 8.93. The van der Waals surface area contributed by atoms with Crippen molar-refractivity contribution in [3.8, 4) is 0 Å². The minimum atomic E-state index is -0.432. The quantitative estimate of drug-likeness (QED) is 0.593. The third kappa shape index (κ3) is 4.84. The number of alkyl halides is 1. The van der Waals surface area contributed by atoms with Gasteiger partial charge >= 0.3 is 0 Å². The van der Waals surface area contributed by atoms with Gasteiger partial charge in [-0.25, -0.2) is 0 Å². The minimum absolute atomic E-state index is 0.138. The normalized spacial score (nSPS) is 13.2. The highest BCUT2D eigenvalue weighted by molar-refractivity contribution is 14.1. The molecule has 54 valence electrons. The molecule has 1 atom stereocenters. The lowest BCUT2D eigenvalue weighted by Gasteiger charge is -2.02. The second-order valence-corrected chi connectivity index (χ2v) is 2.79. The second-order valence-electron chi connectivity index (χ2n) is 1.90. The first-order valence-corrected chi connectivity index (χ1v) is 4.49. The van der Waals surface area contributed by atoms with Gasteiger partial charge in [0.1, 0.15) is 5.78 Å². The lowest BCUT2D eigenvalue weighted by atomic mass is 10.2. The van der Waals surface area contributed by atoms with Gasteiger partial charge in [0.05, 0.1) is 6.10 Å². The SMILES string of the molecule is CCC(=O)C[C@H](O)CI. The van der Waals surface area contributed by atoms with E-state index in [0.717, 1.165) is 0 Å². The summed E-state index contributed by atoms with van der Waals surface area (Å²) < 4.78 is 0.642. The Morgan fingerprint density at radius 3 is 2.67 bits per heavy atom. The Bertz CT molecular complexity index is 93.1. The van der Waals surface area contributed by atoms with Crippen LogP contribution in [0.5, 0.6) is 0 Å². The third-order valence-corrected chi connectivity index (χ3v) is 2.05. The first-order chi connectivity index (χ1) is 4.20. The third-order valence-electron chi connectivity index (χ3n) is 1.04. The van der Waals surface area contributed by atoms with Crippen molar-refractivity contribution in [1.29, 1.82) is 0 Å². The number of rotatable bonds is 4. The van der Waals surface area contributed by atoms with Gasteiger partial charge in [0.25, 0.3) is 0 Å². The van der Waals surface area contributed by atoms with Crippen LogP contribution in [0.4, 0.5) is 0 Å². The molecule has 0 spiro atoms. The fraction of sp³-hybridized carbons (Fsp3) is 0.833. The Morgan fingerprint density at radius 1 is 1.78 bits per heavy atom. The highest BCUT2D eigenvalue weighted by atomic mass is 127. The van der Waals surface area contributed by atoms with Gasteiger partial charge in [0, 0.05) is 17.3 Å². The number of hydrogen-bond acceptors (Lipinski definition) is 2. The summed E-state index contributed by atoms with van der Waals surface area (Å²) in [5.41, 5.74) is 0. The smallest absolute Gasteiger partial charge is 0.135 e. The van der Waals surface area contributed by atoms with Crippen LogP contribution in [0.25, 0.3) is 0 Å². The number of aliphatic hydroxyl groups is 1. The summed E-state index contributed by atoms with van der Waals surface area (Å²) in [6.07, 6.45) is 0.422. The zero-order valence-electron chi connectivity index (χ0n) is 5.43. The Hall–Kier alpha value is 0.360. The molecule has 9 heavy (non-hydrogen) atoms. The summed E-state index contributed by atoms with van der Waals surface area (Å²) in [6.45, 7) is 1.81. The molecule has 0 aromatic carbocycles. The molecule has 3 heteroatoms. The first-order valence-electron chi connectivity index (χ1n) is 2.96. The van der Waals surface area contributed by atoms with Crippen molar-refractivity contribution in [3.05, 3.63) is 0 Å². The summed E-state index contributed by atoms with van der Waals surface area (Å²) >= 11 is 2.06. The molecule has 0 aliphatic heterocycles. The molecule has 2 nitrogen and oxygen atoms in total. The molecule has 0 saturated carbocycles. The molecule has 0 fully saturated rings. The van der Waals surface area contributed by atoms with Crippen LogP contribution in [0.1, 0.15) is 19.8 Å². The van der Waals surface area contributed by atoms with Crippen molar-refractivity contribution in [2.24, 2.45) is 0 Å². The van der Waals surface area contributed by atoms with Gasteiger partial charge in [0.15, 0.2) is 0 Å². The van der Waals surface area contributed by atoms with E-state index in [4.69, 9.17) is 5.11 Å². The van der Waals surface area contributed by atoms with Gasteiger partial charge in [-0.2, -0.15) is 0 Å².